The number of thioether (sulfide) groups is 2. The summed E-state index contributed by atoms with van der Waals surface area (Å²) < 4.78 is 4.58. The van der Waals surface area contributed by atoms with Gasteiger partial charge in [-0.15, -0.1) is 20.4 Å². The summed E-state index contributed by atoms with van der Waals surface area (Å²) in [6.45, 7) is 6.25. The predicted octanol–water partition coefficient (Wildman–Crippen LogP) is 5.25. The Labute approximate surface area is 186 Å². The Morgan fingerprint density at radius 2 is 1.23 bits per heavy atom. The van der Waals surface area contributed by atoms with Gasteiger partial charge in [-0.05, 0) is 50.7 Å². The average Bonchev–Trinajstić information content (AvgIpc) is 3.71. The topological polar surface area (TPSA) is 61.4 Å². The predicted molar refractivity (Wildman–Crippen MR) is 121 cm³/mol. The number of aromatic nitrogens is 6. The third-order valence-corrected chi connectivity index (χ3v) is 7.81. The molecule has 0 saturated heterocycles. The molecule has 8 heteroatoms. The number of hydrogen-bond acceptors (Lipinski definition) is 6. The summed E-state index contributed by atoms with van der Waals surface area (Å²) in [7, 11) is 0. The molecule has 2 heterocycles. The highest BCUT2D eigenvalue weighted by Gasteiger charge is 2.30. The zero-order valence-electron chi connectivity index (χ0n) is 17.6. The van der Waals surface area contributed by atoms with Gasteiger partial charge in [-0.1, -0.05) is 47.8 Å². The van der Waals surface area contributed by atoms with Crippen molar-refractivity contribution in [2.45, 2.75) is 86.3 Å². The Bertz CT molecular complexity index is 941. The molecule has 5 rings (SSSR count). The summed E-state index contributed by atoms with van der Waals surface area (Å²) in [5.74, 6) is 5.46. The maximum atomic E-state index is 4.46. The van der Waals surface area contributed by atoms with Crippen molar-refractivity contribution in [1.82, 2.24) is 29.5 Å². The van der Waals surface area contributed by atoms with E-state index >= 15 is 0 Å². The van der Waals surface area contributed by atoms with E-state index in [0.717, 1.165) is 34.9 Å². The maximum Gasteiger partial charge on any atom is 0.191 e. The highest BCUT2D eigenvalue weighted by molar-refractivity contribution is 7.98. The van der Waals surface area contributed by atoms with Crippen LogP contribution in [0.4, 0.5) is 0 Å². The van der Waals surface area contributed by atoms with E-state index in [1.54, 1.807) is 23.5 Å². The summed E-state index contributed by atoms with van der Waals surface area (Å²) in [6.07, 6.45) is 5.04. The molecule has 0 amide bonds. The molecule has 2 saturated carbocycles. The lowest BCUT2D eigenvalue weighted by atomic mass is 10.2. The Kier molecular flexibility index (Phi) is 5.87. The maximum absolute atomic E-state index is 4.46. The normalized spacial score (nSPS) is 16.3. The molecule has 2 aliphatic rings. The Morgan fingerprint density at radius 1 is 0.767 bits per heavy atom. The van der Waals surface area contributed by atoms with Gasteiger partial charge in [0.25, 0.3) is 0 Å². The molecule has 3 aromatic rings. The summed E-state index contributed by atoms with van der Waals surface area (Å²) in [6, 6.07) is 8.87. The average molecular weight is 441 g/mol. The summed E-state index contributed by atoms with van der Waals surface area (Å²) in [4.78, 5) is 0. The largest absolute Gasteiger partial charge is 0.306 e. The van der Waals surface area contributed by atoms with Crippen LogP contribution < -0.4 is 0 Å². The molecule has 0 spiro atoms. The molecule has 1 aromatic carbocycles. The van der Waals surface area contributed by atoms with Gasteiger partial charge in [0.2, 0.25) is 0 Å². The van der Waals surface area contributed by atoms with Crippen molar-refractivity contribution in [3.05, 3.63) is 47.0 Å². The number of hydrogen-bond donors (Lipinski definition) is 0. The molecule has 0 atom stereocenters. The van der Waals surface area contributed by atoms with Crippen LogP contribution in [0.25, 0.3) is 0 Å². The van der Waals surface area contributed by atoms with E-state index < -0.39 is 0 Å². The van der Waals surface area contributed by atoms with Gasteiger partial charge in [-0.25, -0.2) is 0 Å². The van der Waals surface area contributed by atoms with Gasteiger partial charge in [0.15, 0.2) is 10.3 Å². The molecule has 158 valence electrons. The van der Waals surface area contributed by atoms with Gasteiger partial charge < -0.3 is 9.13 Å². The number of rotatable bonds is 10. The minimum atomic E-state index is 0.637. The van der Waals surface area contributed by atoms with E-state index in [1.807, 2.05) is 0 Å². The van der Waals surface area contributed by atoms with Crippen LogP contribution in [-0.2, 0) is 24.6 Å². The standard InChI is InChI=1S/C22H28N6S2/c1-3-27-19(17-8-9-17)23-25-21(27)29-13-15-6-5-7-16(12-15)14-30-22-26-24-20(18-10-11-18)28(22)4-2/h5-7,12,17-18H,3-4,8-11,13-14H2,1-2H3. The first-order valence-electron chi connectivity index (χ1n) is 11.0. The number of benzene rings is 1. The third-order valence-electron chi connectivity index (χ3n) is 5.74. The summed E-state index contributed by atoms with van der Waals surface area (Å²) in [5.41, 5.74) is 2.65. The van der Waals surface area contributed by atoms with Crippen LogP contribution in [0.5, 0.6) is 0 Å². The van der Waals surface area contributed by atoms with Crippen molar-refractivity contribution in [2.75, 3.05) is 0 Å². The Hall–Kier alpha value is -1.80. The van der Waals surface area contributed by atoms with E-state index in [1.165, 1.54) is 48.5 Å². The SMILES string of the molecule is CCn1c(SCc2cccc(CSc3nnc(C4CC4)n3CC)c2)nnc1C1CC1. The van der Waals surface area contributed by atoms with Gasteiger partial charge in [0.1, 0.15) is 11.6 Å². The molecule has 0 radical (unpaired) electrons. The third kappa shape index (κ3) is 4.30. The first-order chi connectivity index (χ1) is 14.8. The fraction of sp³-hybridized carbons (Fsp3) is 0.545. The van der Waals surface area contributed by atoms with Gasteiger partial charge in [-0.2, -0.15) is 0 Å². The van der Waals surface area contributed by atoms with Gasteiger partial charge in [-0.3, -0.25) is 0 Å². The minimum Gasteiger partial charge on any atom is -0.306 e. The molecular formula is C22H28N6S2. The summed E-state index contributed by atoms with van der Waals surface area (Å²) >= 11 is 3.58. The van der Waals surface area contributed by atoms with E-state index in [2.05, 4.69) is 67.6 Å². The number of nitrogens with zero attached hydrogens (tertiary/aromatic N) is 6. The first-order valence-corrected chi connectivity index (χ1v) is 12.9. The fourth-order valence-electron chi connectivity index (χ4n) is 3.80. The van der Waals surface area contributed by atoms with E-state index in [0.29, 0.717) is 11.8 Å². The van der Waals surface area contributed by atoms with Crippen LogP contribution in [0.1, 0.15) is 74.1 Å². The van der Waals surface area contributed by atoms with Gasteiger partial charge >= 0.3 is 0 Å². The minimum absolute atomic E-state index is 0.637. The molecular weight excluding hydrogens is 412 g/mol. The van der Waals surface area contributed by atoms with Gasteiger partial charge in [0.05, 0.1) is 0 Å². The van der Waals surface area contributed by atoms with E-state index in [4.69, 9.17) is 0 Å². The molecule has 2 aliphatic carbocycles. The lowest BCUT2D eigenvalue weighted by Gasteiger charge is -2.08. The van der Waals surface area contributed by atoms with Crippen molar-refractivity contribution in [1.29, 1.82) is 0 Å². The second kappa shape index (κ2) is 8.75. The van der Waals surface area contributed by atoms with Crippen molar-refractivity contribution in [3.63, 3.8) is 0 Å². The Balaban J connectivity index is 1.22. The molecule has 0 aliphatic heterocycles. The van der Waals surface area contributed by atoms with E-state index in [-0.39, 0.29) is 0 Å². The van der Waals surface area contributed by atoms with Crippen LogP contribution in [-0.4, -0.2) is 29.5 Å². The lowest BCUT2D eigenvalue weighted by molar-refractivity contribution is 0.643. The molecule has 2 aromatic heterocycles. The monoisotopic (exact) mass is 440 g/mol. The first kappa shape index (κ1) is 20.1. The molecule has 0 unspecified atom stereocenters. The highest BCUT2D eigenvalue weighted by atomic mass is 32.2. The van der Waals surface area contributed by atoms with Crippen LogP contribution in [0, 0.1) is 0 Å². The van der Waals surface area contributed by atoms with Crippen molar-refractivity contribution < 1.29 is 0 Å². The van der Waals surface area contributed by atoms with Crippen LogP contribution in [0.15, 0.2) is 34.6 Å². The molecule has 0 bridgehead atoms. The van der Waals surface area contributed by atoms with Crippen molar-refractivity contribution >= 4 is 23.5 Å². The molecule has 30 heavy (non-hydrogen) atoms. The second-order valence-corrected chi connectivity index (χ2v) is 10.0. The molecule has 0 N–H and O–H groups in total. The zero-order chi connectivity index (χ0) is 20.5. The highest BCUT2D eigenvalue weighted by Crippen LogP contribution is 2.41. The quantitative estimate of drug-likeness (QED) is 0.401. The Morgan fingerprint density at radius 3 is 1.63 bits per heavy atom. The van der Waals surface area contributed by atoms with Crippen LogP contribution in [0.3, 0.4) is 0 Å². The lowest BCUT2D eigenvalue weighted by Crippen LogP contribution is -2.02. The van der Waals surface area contributed by atoms with Crippen molar-refractivity contribution in [2.24, 2.45) is 0 Å². The smallest absolute Gasteiger partial charge is 0.191 e. The van der Waals surface area contributed by atoms with Crippen LogP contribution in [0.2, 0.25) is 0 Å². The second-order valence-electron chi connectivity index (χ2n) is 8.12. The fourth-order valence-corrected chi connectivity index (χ4v) is 5.70. The summed E-state index contributed by atoms with van der Waals surface area (Å²) in [5, 5.41) is 19.9. The van der Waals surface area contributed by atoms with Crippen LogP contribution >= 0.6 is 23.5 Å². The molecule has 6 nitrogen and oxygen atoms in total. The van der Waals surface area contributed by atoms with E-state index in [9.17, 15) is 0 Å². The van der Waals surface area contributed by atoms with Gasteiger partial charge in [0, 0.05) is 36.4 Å². The van der Waals surface area contributed by atoms with Crippen molar-refractivity contribution in [3.8, 4) is 0 Å². The zero-order valence-corrected chi connectivity index (χ0v) is 19.3. The molecule has 2 fully saturated rings.